The van der Waals surface area contributed by atoms with Gasteiger partial charge in [-0.05, 0) is 62.6 Å². The molecule has 0 unspecified atom stereocenters. The molecule has 0 heterocycles. The minimum absolute atomic E-state index is 0.0155. The van der Waals surface area contributed by atoms with Gasteiger partial charge >= 0.3 is 0 Å². The van der Waals surface area contributed by atoms with Crippen molar-refractivity contribution >= 4 is 33.2 Å². The summed E-state index contributed by atoms with van der Waals surface area (Å²) in [5.74, 6) is -0.389. The minimum atomic E-state index is -3.70. The Kier molecular flexibility index (Phi) is 8.07. The Morgan fingerprint density at radius 3 is 2.34 bits per heavy atom. The number of nitrogens with zero attached hydrogens (tertiary/aromatic N) is 1. The molecule has 0 atom stereocenters. The maximum Gasteiger partial charge on any atom is 0.252 e. The first-order valence-electron chi connectivity index (χ1n) is 9.46. The third kappa shape index (κ3) is 6.73. The number of anilines is 1. The number of aryl methyl sites for hydroxylation is 1. The van der Waals surface area contributed by atoms with Crippen LogP contribution in [0.1, 0.15) is 36.2 Å². The Labute approximate surface area is 178 Å². The fraction of sp³-hybridized carbons (Fsp3) is 0.381. The van der Waals surface area contributed by atoms with Gasteiger partial charge in [-0.2, -0.15) is 0 Å². The quantitative estimate of drug-likeness (QED) is 0.589. The third-order valence-corrected chi connectivity index (χ3v) is 6.25. The van der Waals surface area contributed by atoms with Crippen molar-refractivity contribution in [2.24, 2.45) is 0 Å². The lowest BCUT2D eigenvalue weighted by molar-refractivity contribution is 0.0953. The Morgan fingerprint density at radius 1 is 1.10 bits per heavy atom. The summed E-state index contributed by atoms with van der Waals surface area (Å²) < 4.78 is 27.1. The van der Waals surface area contributed by atoms with Gasteiger partial charge in [-0.25, -0.2) is 13.1 Å². The lowest BCUT2D eigenvalue weighted by atomic mass is 10.1. The standard InChI is InChI=1S/C21H28ClN3O3S/c1-15(2)24-29(27,28)18-11-12-20(22)19(14-18)21(26)23-13-5-6-16-7-9-17(10-8-16)25(3)4/h7-12,14-15,24H,5-6,13H2,1-4H3,(H,23,26). The largest absolute Gasteiger partial charge is 0.378 e. The number of rotatable bonds is 9. The molecule has 0 fully saturated rings. The lowest BCUT2D eigenvalue weighted by Gasteiger charge is -2.13. The van der Waals surface area contributed by atoms with Crippen LogP contribution in [0.25, 0.3) is 0 Å². The fourth-order valence-corrected chi connectivity index (χ4v) is 4.25. The van der Waals surface area contributed by atoms with Crippen LogP contribution in [-0.2, 0) is 16.4 Å². The molecule has 1 amide bonds. The first-order chi connectivity index (χ1) is 13.6. The van der Waals surface area contributed by atoms with Crippen molar-refractivity contribution < 1.29 is 13.2 Å². The molecule has 2 rings (SSSR count). The van der Waals surface area contributed by atoms with Crippen molar-refractivity contribution in [2.75, 3.05) is 25.5 Å². The van der Waals surface area contributed by atoms with Crippen LogP contribution in [0.3, 0.4) is 0 Å². The number of carbonyl (C=O) groups excluding carboxylic acids is 1. The van der Waals surface area contributed by atoms with Crippen LogP contribution in [0.15, 0.2) is 47.4 Å². The van der Waals surface area contributed by atoms with E-state index in [4.69, 9.17) is 11.6 Å². The molecule has 0 aliphatic carbocycles. The topological polar surface area (TPSA) is 78.5 Å². The van der Waals surface area contributed by atoms with Crippen molar-refractivity contribution in [2.45, 2.75) is 37.6 Å². The lowest BCUT2D eigenvalue weighted by Crippen LogP contribution is -2.31. The van der Waals surface area contributed by atoms with Crippen molar-refractivity contribution in [3.8, 4) is 0 Å². The van der Waals surface area contributed by atoms with Crippen LogP contribution in [0.5, 0.6) is 0 Å². The van der Waals surface area contributed by atoms with E-state index < -0.39 is 10.0 Å². The molecular formula is C21H28ClN3O3S. The summed E-state index contributed by atoms with van der Waals surface area (Å²) in [5.41, 5.74) is 2.47. The van der Waals surface area contributed by atoms with Gasteiger partial charge in [0.1, 0.15) is 0 Å². The van der Waals surface area contributed by atoms with Gasteiger partial charge in [0, 0.05) is 32.4 Å². The average Bonchev–Trinajstić information content (AvgIpc) is 2.64. The Bertz CT molecular complexity index is 942. The third-order valence-electron chi connectivity index (χ3n) is 4.26. The van der Waals surface area contributed by atoms with Gasteiger partial charge in [0.2, 0.25) is 10.0 Å². The summed E-state index contributed by atoms with van der Waals surface area (Å²) in [5, 5.41) is 3.03. The first-order valence-corrected chi connectivity index (χ1v) is 11.3. The van der Waals surface area contributed by atoms with Crippen LogP contribution in [-0.4, -0.2) is 41.0 Å². The molecule has 0 aliphatic rings. The number of halogens is 1. The van der Waals surface area contributed by atoms with E-state index in [1.54, 1.807) is 13.8 Å². The normalized spacial score (nSPS) is 11.5. The van der Waals surface area contributed by atoms with Crippen LogP contribution < -0.4 is 14.9 Å². The Balaban J connectivity index is 1.95. The molecular weight excluding hydrogens is 410 g/mol. The van der Waals surface area contributed by atoms with Crippen LogP contribution in [0, 0.1) is 0 Å². The summed E-state index contributed by atoms with van der Waals surface area (Å²) in [7, 11) is 0.294. The molecule has 0 saturated heterocycles. The highest BCUT2D eigenvalue weighted by Crippen LogP contribution is 2.21. The highest BCUT2D eigenvalue weighted by Gasteiger charge is 2.19. The van der Waals surface area contributed by atoms with E-state index in [9.17, 15) is 13.2 Å². The summed E-state index contributed by atoms with van der Waals surface area (Å²) in [6, 6.07) is 12.1. The van der Waals surface area contributed by atoms with Gasteiger partial charge in [0.05, 0.1) is 15.5 Å². The zero-order chi connectivity index (χ0) is 21.6. The van der Waals surface area contributed by atoms with Crippen LogP contribution >= 0.6 is 11.6 Å². The second-order valence-electron chi connectivity index (χ2n) is 7.34. The average molecular weight is 438 g/mol. The minimum Gasteiger partial charge on any atom is -0.378 e. The van der Waals surface area contributed by atoms with Crippen LogP contribution in [0.4, 0.5) is 5.69 Å². The number of hydrogen-bond acceptors (Lipinski definition) is 4. The van der Waals surface area contributed by atoms with Crippen molar-refractivity contribution in [1.29, 1.82) is 0 Å². The molecule has 158 valence electrons. The molecule has 2 N–H and O–H groups in total. The van der Waals surface area contributed by atoms with E-state index in [1.807, 2.05) is 19.0 Å². The number of carbonyl (C=O) groups is 1. The van der Waals surface area contributed by atoms with E-state index in [2.05, 4.69) is 34.3 Å². The number of benzene rings is 2. The molecule has 29 heavy (non-hydrogen) atoms. The number of amides is 1. The van der Waals surface area contributed by atoms with Gasteiger partial charge in [0.25, 0.3) is 5.91 Å². The first kappa shape index (κ1) is 23.2. The smallest absolute Gasteiger partial charge is 0.252 e. The zero-order valence-electron chi connectivity index (χ0n) is 17.2. The van der Waals surface area contributed by atoms with Gasteiger partial charge in [-0.1, -0.05) is 23.7 Å². The molecule has 6 nitrogen and oxygen atoms in total. The summed E-state index contributed by atoms with van der Waals surface area (Å²) in [6.45, 7) is 3.93. The van der Waals surface area contributed by atoms with E-state index in [0.29, 0.717) is 6.54 Å². The van der Waals surface area contributed by atoms with E-state index >= 15 is 0 Å². The van der Waals surface area contributed by atoms with Gasteiger partial charge in [-0.3, -0.25) is 4.79 Å². The van der Waals surface area contributed by atoms with Gasteiger partial charge in [0.15, 0.2) is 0 Å². The van der Waals surface area contributed by atoms with Crippen molar-refractivity contribution in [3.05, 3.63) is 58.6 Å². The second-order valence-corrected chi connectivity index (χ2v) is 9.46. The highest BCUT2D eigenvalue weighted by atomic mass is 35.5. The number of nitrogens with one attached hydrogen (secondary N) is 2. The monoisotopic (exact) mass is 437 g/mol. The SMILES string of the molecule is CC(C)NS(=O)(=O)c1ccc(Cl)c(C(=O)NCCCc2ccc(N(C)C)cc2)c1. The predicted octanol–water partition coefficient (Wildman–Crippen LogP) is 3.46. The molecule has 0 aromatic heterocycles. The molecule has 0 spiro atoms. The summed E-state index contributed by atoms with van der Waals surface area (Å²) in [4.78, 5) is 14.5. The Morgan fingerprint density at radius 2 is 1.76 bits per heavy atom. The summed E-state index contributed by atoms with van der Waals surface area (Å²) >= 11 is 6.12. The van der Waals surface area contributed by atoms with Crippen molar-refractivity contribution in [1.82, 2.24) is 10.0 Å². The van der Waals surface area contributed by atoms with Crippen molar-refractivity contribution in [3.63, 3.8) is 0 Å². The number of hydrogen-bond donors (Lipinski definition) is 2. The molecule has 0 aliphatic heterocycles. The maximum absolute atomic E-state index is 12.5. The molecule has 0 bridgehead atoms. The predicted molar refractivity (Wildman–Crippen MR) is 118 cm³/mol. The molecule has 2 aromatic carbocycles. The summed E-state index contributed by atoms with van der Waals surface area (Å²) in [6.07, 6.45) is 1.59. The Hall–Kier alpha value is -2.09. The highest BCUT2D eigenvalue weighted by molar-refractivity contribution is 7.89. The molecule has 8 heteroatoms. The number of sulfonamides is 1. The van der Waals surface area contributed by atoms with E-state index in [-0.39, 0.29) is 27.4 Å². The zero-order valence-corrected chi connectivity index (χ0v) is 18.8. The molecule has 0 radical (unpaired) electrons. The molecule has 2 aromatic rings. The van der Waals surface area contributed by atoms with E-state index in [1.165, 1.54) is 23.8 Å². The van der Waals surface area contributed by atoms with Gasteiger partial charge < -0.3 is 10.2 Å². The van der Waals surface area contributed by atoms with Gasteiger partial charge in [-0.15, -0.1) is 0 Å². The van der Waals surface area contributed by atoms with Crippen LogP contribution in [0.2, 0.25) is 5.02 Å². The van der Waals surface area contributed by atoms with E-state index in [0.717, 1.165) is 18.5 Å². The molecule has 0 saturated carbocycles. The fourth-order valence-electron chi connectivity index (χ4n) is 2.77. The second kappa shape index (κ2) is 10.1. The maximum atomic E-state index is 12.5.